The van der Waals surface area contributed by atoms with Crippen molar-refractivity contribution in [3.05, 3.63) is 5.01 Å². The van der Waals surface area contributed by atoms with Gasteiger partial charge in [-0.15, -0.1) is 10.2 Å². The van der Waals surface area contributed by atoms with E-state index in [0.717, 1.165) is 9.35 Å². The highest BCUT2D eigenvalue weighted by Gasteiger charge is 2.55. The van der Waals surface area contributed by atoms with Gasteiger partial charge in [-0.25, -0.2) is 4.79 Å². The second kappa shape index (κ2) is 6.32. The van der Waals surface area contributed by atoms with Crippen molar-refractivity contribution in [2.24, 2.45) is 0 Å². The first-order valence-corrected chi connectivity index (χ1v) is 9.42. The molecule has 1 aromatic rings. The normalized spacial score (nSPS) is 20.4. The molecular formula is C14H19N5O3S2. The van der Waals surface area contributed by atoms with E-state index < -0.39 is 5.54 Å². The van der Waals surface area contributed by atoms with E-state index in [9.17, 15) is 14.4 Å². The van der Waals surface area contributed by atoms with Crippen LogP contribution in [0.4, 0.5) is 4.79 Å². The minimum Gasteiger partial charge on any atom is -0.342 e. The molecule has 2 aliphatic rings. The molecule has 130 valence electrons. The minimum absolute atomic E-state index is 0.0236. The molecule has 0 aliphatic carbocycles. The van der Waals surface area contributed by atoms with Crippen molar-refractivity contribution in [3.63, 3.8) is 0 Å². The van der Waals surface area contributed by atoms with Gasteiger partial charge >= 0.3 is 6.03 Å². The van der Waals surface area contributed by atoms with Crippen LogP contribution in [0.3, 0.4) is 0 Å². The maximum absolute atomic E-state index is 12.4. The number of aromatic nitrogens is 2. The van der Waals surface area contributed by atoms with Crippen molar-refractivity contribution in [2.75, 3.05) is 32.9 Å². The fourth-order valence-electron chi connectivity index (χ4n) is 3.18. The Labute approximate surface area is 148 Å². The van der Waals surface area contributed by atoms with E-state index >= 15 is 0 Å². The third-order valence-electron chi connectivity index (χ3n) is 4.69. The predicted octanol–water partition coefficient (Wildman–Crippen LogP) is 0.824. The second-order valence-electron chi connectivity index (χ2n) is 5.99. The van der Waals surface area contributed by atoms with Crippen LogP contribution in [0, 0.1) is 6.92 Å². The van der Waals surface area contributed by atoms with Gasteiger partial charge in [0.15, 0.2) is 4.34 Å². The molecule has 0 bridgehead atoms. The van der Waals surface area contributed by atoms with Gasteiger partial charge in [-0.2, -0.15) is 0 Å². The quantitative estimate of drug-likeness (QED) is 0.579. The highest BCUT2D eigenvalue weighted by molar-refractivity contribution is 8.01. The van der Waals surface area contributed by atoms with Crippen LogP contribution in [0.1, 0.15) is 17.8 Å². The highest BCUT2D eigenvalue weighted by Crippen LogP contribution is 2.35. The van der Waals surface area contributed by atoms with E-state index in [4.69, 9.17) is 0 Å². The molecule has 4 amide bonds. The summed E-state index contributed by atoms with van der Waals surface area (Å²) in [6.07, 6.45) is 0.958. The first-order valence-electron chi connectivity index (χ1n) is 7.62. The van der Waals surface area contributed by atoms with E-state index in [0.29, 0.717) is 31.7 Å². The summed E-state index contributed by atoms with van der Waals surface area (Å²) in [6, 6.07) is -0.276. The maximum atomic E-state index is 12.4. The summed E-state index contributed by atoms with van der Waals surface area (Å²) >= 11 is 2.85. The Balaban J connectivity index is 1.58. The van der Waals surface area contributed by atoms with Gasteiger partial charge in [0.1, 0.15) is 10.5 Å². The van der Waals surface area contributed by atoms with E-state index in [-0.39, 0.29) is 17.8 Å². The van der Waals surface area contributed by atoms with Crippen LogP contribution in [-0.2, 0) is 9.59 Å². The second-order valence-corrected chi connectivity index (χ2v) is 8.40. The molecule has 1 spiro atoms. The van der Waals surface area contributed by atoms with Crippen LogP contribution in [0.15, 0.2) is 4.34 Å². The van der Waals surface area contributed by atoms with Crippen molar-refractivity contribution in [3.8, 4) is 0 Å². The van der Waals surface area contributed by atoms with Gasteiger partial charge < -0.3 is 9.80 Å². The molecule has 10 heteroatoms. The molecule has 2 fully saturated rings. The summed E-state index contributed by atoms with van der Waals surface area (Å²) in [4.78, 5) is 41.3. The number of imide groups is 1. The number of likely N-dealkylation sites (N-methyl/N-ethyl adjacent to an activating group) is 2. The van der Waals surface area contributed by atoms with Crippen LogP contribution in [0.25, 0.3) is 0 Å². The monoisotopic (exact) mass is 369 g/mol. The van der Waals surface area contributed by atoms with Gasteiger partial charge in [0.25, 0.3) is 5.91 Å². The first kappa shape index (κ1) is 17.2. The number of rotatable bonds is 3. The standard InChI is InChI=1S/C14H19N5O3S2/c1-9-15-16-12(24-9)23-8-10(20)19-6-4-14(5-7-19)11(21)17(2)13(22)18(14)3/h4-8H2,1-3H3. The number of piperidine rings is 1. The summed E-state index contributed by atoms with van der Waals surface area (Å²) in [7, 11) is 3.17. The first-order chi connectivity index (χ1) is 11.3. The highest BCUT2D eigenvalue weighted by atomic mass is 32.2. The number of carbonyl (C=O) groups is 3. The average Bonchev–Trinajstić information content (AvgIpc) is 3.07. The molecule has 3 heterocycles. The van der Waals surface area contributed by atoms with Gasteiger partial charge in [0.2, 0.25) is 5.91 Å². The number of carbonyl (C=O) groups excluding carboxylic acids is 3. The minimum atomic E-state index is -0.786. The van der Waals surface area contributed by atoms with E-state index in [1.165, 1.54) is 39.9 Å². The number of hydrogen-bond donors (Lipinski definition) is 0. The third kappa shape index (κ3) is 2.77. The van der Waals surface area contributed by atoms with Crippen LogP contribution in [-0.4, -0.2) is 81.2 Å². The summed E-state index contributed by atoms with van der Waals surface area (Å²) < 4.78 is 0.784. The SMILES string of the molecule is Cc1nnc(SCC(=O)N2CCC3(CC2)C(=O)N(C)C(=O)N3C)s1. The van der Waals surface area contributed by atoms with Crippen LogP contribution in [0.5, 0.6) is 0 Å². The molecule has 24 heavy (non-hydrogen) atoms. The number of urea groups is 1. The van der Waals surface area contributed by atoms with Crippen LogP contribution >= 0.6 is 23.1 Å². The Bertz CT molecular complexity index is 684. The Morgan fingerprint density at radius 1 is 1.25 bits per heavy atom. The van der Waals surface area contributed by atoms with Gasteiger partial charge in [-0.05, 0) is 19.8 Å². The van der Waals surface area contributed by atoms with Gasteiger partial charge in [0, 0.05) is 27.2 Å². The Morgan fingerprint density at radius 3 is 2.42 bits per heavy atom. The molecule has 2 aliphatic heterocycles. The van der Waals surface area contributed by atoms with Crippen molar-refractivity contribution < 1.29 is 14.4 Å². The Kier molecular flexibility index (Phi) is 4.52. The summed E-state index contributed by atoms with van der Waals surface area (Å²) in [5.41, 5.74) is -0.786. The van der Waals surface area contributed by atoms with Gasteiger partial charge in [-0.1, -0.05) is 23.1 Å². The molecule has 0 saturated carbocycles. The van der Waals surface area contributed by atoms with Crippen molar-refractivity contribution in [1.29, 1.82) is 0 Å². The molecule has 0 radical (unpaired) electrons. The van der Waals surface area contributed by atoms with Crippen LogP contribution in [0.2, 0.25) is 0 Å². The number of aryl methyl sites for hydroxylation is 1. The third-order valence-corrected chi connectivity index (χ3v) is 6.65. The summed E-state index contributed by atoms with van der Waals surface area (Å²) in [6.45, 7) is 2.83. The van der Waals surface area contributed by atoms with Crippen molar-refractivity contribution in [2.45, 2.75) is 29.6 Å². The lowest BCUT2D eigenvalue weighted by atomic mass is 9.86. The van der Waals surface area contributed by atoms with Crippen molar-refractivity contribution >= 4 is 40.9 Å². The zero-order valence-corrected chi connectivity index (χ0v) is 15.4. The van der Waals surface area contributed by atoms with Crippen molar-refractivity contribution in [1.82, 2.24) is 24.9 Å². The molecule has 1 aromatic heterocycles. The van der Waals surface area contributed by atoms with E-state index in [1.807, 2.05) is 6.92 Å². The van der Waals surface area contributed by atoms with Gasteiger partial charge in [0.05, 0.1) is 5.75 Å². The molecule has 0 unspecified atom stereocenters. The lowest BCUT2D eigenvalue weighted by molar-refractivity contribution is -0.138. The zero-order chi connectivity index (χ0) is 17.5. The largest absolute Gasteiger partial charge is 0.342 e. The molecule has 3 rings (SSSR count). The summed E-state index contributed by atoms with van der Waals surface area (Å²) in [5, 5.41) is 8.80. The van der Waals surface area contributed by atoms with E-state index in [1.54, 1.807) is 11.9 Å². The Hall–Kier alpha value is -1.68. The number of thioether (sulfide) groups is 1. The summed E-state index contributed by atoms with van der Waals surface area (Å²) in [5.74, 6) is 0.167. The average molecular weight is 369 g/mol. The molecule has 2 saturated heterocycles. The lowest BCUT2D eigenvalue weighted by Gasteiger charge is -2.40. The number of amides is 4. The lowest BCUT2D eigenvalue weighted by Crippen LogP contribution is -2.56. The Morgan fingerprint density at radius 2 is 1.92 bits per heavy atom. The van der Waals surface area contributed by atoms with Crippen LogP contribution < -0.4 is 0 Å². The van der Waals surface area contributed by atoms with Gasteiger partial charge in [-0.3, -0.25) is 14.5 Å². The fourth-order valence-corrected chi connectivity index (χ4v) is 4.90. The molecular weight excluding hydrogens is 350 g/mol. The maximum Gasteiger partial charge on any atom is 0.327 e. The number of likely N-dealkylation sites (tertiary alicyclic amines) is 1. The molecule has 0 atom stereocenters. The number of nitrogens with zero attached hydrogens (tertiary/aromatic N) is 5. The number of hydrogen-bond acceptors (Lipinski definition) is 7. The van der Waals surface area contributed by atoms with E-state index in [2.05, 4.69) is 10.2 Å². The smallest absolute Gasteiger partial charge is 0.327 e. The molecule has 0 N–H and O–H groups in total. The predicted molar refractivity (Wildman–Crippen MR) is 89.8 cm³/mol. The zero-order valence-electron chi connectivity index (χ0n) is 13.8. The fraction of sp³-hybridized carbons (Fsp3) is 0.643. The molecule has 8 nitrogen and oxygen atoms in total. The molecule has 0 aromatic carbocycles. The topological polar surface area (TPSA) is 86.7 Å².